The summed E-state index contributed by atoms with van der Waals surface area (Å²) in [5.74, 6) is 0. The lowest BCUT2D eigenvalue weighted by Crippen LogP contribution is -2.18. The van der Waals surface area contributed by atoms with Crippen LogP contribution >= 0.6 is 0 Å². The van der Waals surface area contributed by atoms with Crippen LogP contribution in [0, 0.1) is 0 Å². The molecule has 1 atom stereocenters. The molecule has 106 valence electrons. The summed E-state index contributed by atoms with van der Waals surface area (Å²) >= 11 is 0. The second kappa shape index (κ2) is 6.06. The van der Waals surface area contributed by atoms with Gasteiger partial charge in [-0.25, -0.2) is 0 Å². The summed E-state index contributed by atoms with van der Waals surface area (Å²) in [5.41, 5.74) is 4.95. The van der Waals surface area contributed by atoms with Crippen molar-refractivity contribution in [2.45, 2.75) is 19.4 Å². The zero-order valence-electron chi connectivity index (χ0n) is 12.5. The van der Waals surface area contributed by atoms with Gasteiger partial charge in [0.15, 0.2) is 0 Å². The Bertz CT molecular complexity index is 744. The molecule has 0 amide bonds. The molecule has 0 fully saturated rings. The Kier molecular flexibility index (Phi) is 3.98. The first-order valence-electron chi connectivity index (χ1n) is 7.43. The van der Waals surface area contributed by atoms with Gasteiger partial charge in [0.05, 0.1) is 11.6 Å². The summed E-state index contributed by atoms with van der Waals surface area (Å²) in [6.45, 7) is 2.19. The molecule has 0 bridgehead atoms. The molecule has 2 nitrogen and oxygen atoms in total. The number of nitrogens with zero attached hydrogens (tertiary/aromatic N) is 1. The van der Waals surface area contributed by atoms with Crippen LogP contribution in [0.4, 0.5) is 0 Å². The zero-order chi connectivity index (χ0) is 14.7. The van der Waals surface area contributed by atoms with Gasteiger partial charge in [-0.2, -0.15) is 0 Å². The van der Waals surface area contributed by atoms with E-state index in [1.54, 1.807) is 0 Å². The third-order valence-corrected chi connectivity index (χ3v) is 3.96. The number of para-hydroxylation sites is 1. The Balaban J connectivity index is 2.13. The van der Waals surface area contributed by atoms with Crippen LogP contribution in [0.25, 0.3) is 10.9 Å². The van der Waals surface area contributed by atoms with Gasteiger partial charge in [-0.3, -0.25) is 4.98 Å². The van der Waals surface area contributed by atoms with Crippen molar-refractivity contribution in [3.05, 3.63) is 77.5 Å². The topological polar surface area (TPSA) is 24.9 Å². The minimum Gasteiger partial charge on any atom is -0.309 e. The lowest BCUT2D eigenvalue weighted by atomic mass is 9.95. The number of aryl methyl sites for hydroxylation is 1. The summed E-state index contributed by atoms with van der Waals surface area (Å²) < 4.78 is 0. The van der Waals surface area contributed by atoms with E-state index in [1.807, 2.05) is 19.3 Å². The number of rotatable bonds is 4. The van der Waals surface area contributed by atoms with Gasteiger partial charge in [0.25, 0.3) is 0 Å². The number of benzene rings is 2. The number of nitrogens with one attached hydrogen (secondary N) is 1. The first-order chi connectivity index (χ1) is 10.3. The van der Waals surface area contributed by atoms with Crippen molar-refractivity contribution >= 4 is 10.9 Å². The fourth-order valence-electron chi connectivity index (χ4n) is 2.86. The van der Waals surface area contributed by atoms with Crippen LogP contribution in [-0.2, 0) is 6.42 Å². The quantitative estimate of drug-likeness (QED) is 0.776. The van der Waals surface area contributed by atoms with Gasteiger partial charge in [-0.15, -0.1) is 0 Å². The predicted octanol–water partition coefficient (Wildman–Crippen LogP) is 4.11. The number of fused-ring (bicyclic) bond motifs is 1. The summed E-state index contributed by atoms with van der Waals surface area (Å²) in [4.78, 5) is 4.58. The number of pyridine rings is 1. The molecule has 21 heavy (non-hydrogen) atoms. The van der Waals surface area contributed by atoms with Crippen LogP contribution in [0.1, 0.15) is 29.7 Å². The lowest BCUT2D eigenvalue weighted by Gasteiger charge is -2.19. The second-order valence-electron chi connectivity index (χ2n) is 5.24. The van der Waals surface area contributed by atoms with E-state index in [1.165, 1.54) is 22.1 Å². The van der Waals surface area contributed by atoms with Crippen LogP contribution in [0.3, 0.4) is 0 Å². The monoisotopic (exact) mass is 276 g/mol. The molecule has 2 aromatic carbocycles. The van der Waals surface area contributed by atoms with E-state index in [0.717, 1.165) is 11.9 Å². The van der Waals surface area contributed by atoms with Gasteiger partial charge in [0.1, 0.15) is 0 Å². The average Bonchev–Trinajstić information content (AvgIpc) is 2.56. The largest absolute Gasteiger partial charge is 0.309 e. The maximum Gasteiger partial charge on any atom is 0.0753 e. The van der Waals surface area contributed by atoms with Crippen molar-refractivity contribution in [3.63, 3.8) is 0 Å². The van der Waals surface area contributed by atoms with E-state index in [4.69, 9.17) is 0 Å². The van der Waals surface area contributed by atoms with E-state index in [-0.39, 0.29) is 6.04 Å². The summed E-state index contributed by atoms with van der Waals surface area (Å²) in [7, 11) is 2.01. The summed E-state index contributed by atoms with van der Waals surface area (Å²) in [5, 5.41) is 4.62. The minimum absolute atomic E-state index is 0.162. The highest BCUT2D eigenvalue weighted by molar-refractivity contribution is 5.82. The highest BCUT2D eigenvalue weighted by Gasteiger charge is 2.15. The molecule has 1 aromatic heterocycles. The lowest BCUT2D eigenvalue weighted by molar-refractivity contribution is 0.694. The molecule has 3 aromatic rings. The maximum atomic E-state index is 4.58. The fourth-order valence-corrected chi connectivity index (χ4v) is 2.86. The smallest absolute Gasteiger partial charge is 0.0753 e. The van der Waals surface area contributed by atoms with Gasteiger partial charge in [-0.1, -0.05) is 55.5 Å². The van der Waals surface area contributed by atoms with Gasteiger partial charge in [0, 0.05) is 11.6 Å². The summed E-state index contributed by atoms with van der Waals surface area (Å²) in [6, 6.07) is 19.4. The molecule has 1 N–H and O–H groups in total. The van der Waals surface area contributed by atoms with E-state index < -0.39 is 0 Å². The number of aromatic nitrogens is 1. The standard InChI is InChI=1S/C19H20N2/c1-3-14-7-4-9-16(13-14)18(20-2)17-11-5-8-15-10-6-12-21-19(15)17/h4-13,18,20H,3H2,1-2H3. The van der Waals surface area contributed by atoms with Crippen molar-refractivity contribution in [3.8, 4) is 0 Å². The molecule has 0 aliphatic heterocycles. The van der Waals surface area contributed by atoms with Crippen LogP contribution in [0.15, 0.2) is 60.8 Å². The molecule has 3 rings (SSSR count). The van der Waals surface area contributed by atoms with Crippen LogP contribution in [-0.4, -0.2) is 12.0 Å². The Morgan fingerprint density at radius 3 is 2.67 bits per heavy atom. The molecule has 0 saturated carbocycles. The molecule has 1 unspecified atom stereocenters. The van der Waals surface area contributed by atoms with E-state index in [9.17, 15) is 0 Å². The molecule has 1 heterocycles. The third-order valence-electron chi connectivity index (χ3n) is 3.96. The number of hydrogen-bond acceptors (Lipinski definition) is 2. The van der Waals surface area contributed by atoms with Crippen molar-refractivity contribution in [2.75, 3.05) is 7.05 Å². The first-order valence-corrected chi connectivity index (χ1v) is 7.43. The maximum absolute atomic E-state index is 4.58. The zero-order valence-corrected chi connectivity index (χ0v) is 12.5. The highest BCUT2D eigenvalue weighted by atomic mass is 14.9. The minimum atomic E-state index is 0.162. The molecular formula is C19H20N2. The van der Waals surface area contributed by atoms with E-state index >= 15 is 0 Å². The molecule has 0 radical (unpaired) electrons. The van der Waals surface area contributed by atoms with Crippen LogP contribution < -0.4 is 5.32 Å². The Labute approximate surface area is 125 Å². The van der Waals surface area contributed by atoms with Crippen molar-refractivity contribution in [1.29, 1.82) is 0 Å². The van der Waals surface area contributed by atoms with Crippen LogP contribution in [0.5, 0.6) is 0 Å². The SMILES string of the molecule is CCc1cccc(C(NC)c2cccc3cccnc23)c1. The molecule has 0 spiro atoms. The van der Waals surface area contributed by atoms with Gasteiger partial charge in [0.2, 0.25) is 0 Å². The Morgan fingerprint density at radius 1 is 1.05 bits per heavy atom. The fraction of sp³-hybridized carbons (Fsp3) is 0.211. The predicted molar refractivity (Wildman–Crippen MR) is 88.5 cm³/mol. The third kappa shape index (κ3) is 2.67. The Hall–Kier alpha value is -2.19. The molecule has 0 aliphatic carbocycles. The highest BCUT2D eigenvalue weighted by Crippen LogP contribution is 2.28. The summed E-state index contributed by atoms with van der Waals surface area (Å²) in [6.07, 6.45) is 2.92. The van der Waals surface area contributed by atoms with Crippen molar-refractivity contribution < 1.29 is 0 Å². The van der Waals surface area contributed by atoms with Crippen molar-refractivity contribution in [1.82, 2.24) is 10.3 Å². The van der Waals surface area contributed by atoms with Gasteiger partial charge >= 0.3 is 0 Å². The average molecular weight is 276 g/mol. The molecule has 0 aliphatic rings. The van der Waals surface area contributed by atoms with Gasteiger partial charge in [-0.05, 0) is 36.2 Å². The molecule has 0 saturated heterocycles. The van der Waals surface area contributed by atoms with Crippen molar-refractivity contribution in [2.24, 2.45) is 0 Å². The number of hydrogen-bond donors (Lipinski definition) is 1. The molecule has 2 heteroatoms. The molecular weight excluding hydrogens is 256 g/mol. The second-order valence-corrected chi connectivity index (χ2v) is 5.24. The Morgan fingerprint density at radius 2 is 1.86 bits per heavy atom. The van der Waals surface area contributed by atoms with Crippen LogP contribution in [0.2, 0.25) is 0 Å². The van der Waals surface area contributed by atoms with E-state index in [0.29, 0.717) is 0 Å². The normalized spacial score (nSPS) is 12.5. The van der Waals surface area contributed by atoms with Gasteiger partial charge < -0.3 is 5.32 Å². The van der Waals surface area contributed by atoms with E-state index in [2.05, 4.69) is 65.8 Å². The first kappa shape index (κ1) is 13.8.